The predicted octanol–water partition coefficient (Wildman–Crippen LogP) is 15.8. The first kappa shape index (κ1) is 40.5. The third-order valence-corrected chi connectivity index (χ3v) is 9.08. The van der Waals surface area contributed by atoms with Crippen LogP contribution in [0.1, 0.15) is 239 Å². The molecule has 0 heteroatoms. The molecule has 0 aliphatic heterocycles. The molecule has 0 rings (SSSR count). The van der Waals surface area contributed by atoms with Crippen molar-refractivity contribution in [2.24, 2.45) is 0 Å². The van der Waals surface area contributed by atoms with Crippen LogP contribution in [0.3, 0.4) is 0 Å². The molecule has 0 spiro atoms. The first-order valence-corrected chi connectivity index (χ1v) is 19.7. The maximum atomic E-state index is 2.38. The minimum absolute atomic E-state index is 1.27. The van der Waals surface area contributed by atoms with Crippen molar-refractivity contribution < 1.29 is 0 Å². The highest BCUT2D eigenvalue weighted by Gasteiger charge is 1.96. The fraction of sp³-hybridized carbons (Fsp3) is 0.902. The van der Waals surface area contributed by atoms with E-state index in [4.69, 9.17) is 0 Å². The van der Waals surface area contributed by atoms with E-state index in [2.05, 4.69) is 38.2 Å². The molecule has 0 amide bonds. The van der Waals surface area contributed by atoms with Crippen LogP contribution in [0.2, 0.25) is 0 Å². The summed E-state index contributed by atoms with van der Waals surface area (Å²) >= 11 is 0. The Labute approximate surface area is 262 Å². The van der Waals surface area contributed by atoms with E-state index in [1.807, 2.05) is 0 Å². The van der Waals surface area contributed by atoms with Gasteiger partial charge in [-0.05, 0) is 25.7 Å². The Kier molecular flexibility index (Phi) is 39.0. The Bertz CT molecular complexity index is 486. The molecule has 0 aromatic rings. The highest BCUT2D eigenvalue weighted by molar-refractivity contribution is 5.02. The molecule has 0 aliphatic carbocycles. The molecule has 244 valence electrons. The second kappa shape index (κ2) is 39.5. The zero-order chi connectivity index (χ0) is 29.6. The van der Waals surface area contributed by atoms with Crippen LogP contribution >= 0.6 is 0 Å². The zero-order valence-electron chi connectivity index (χ0n) is 29.1. The summed E-state index contributed by atoms with van der Waals surface area (Å²) in [5, 5.41) is 0. The topological polar surface area (TPSA) is 0 Å². The van der Waals surface area contributed by atoms with Gasteiger partial charge in [0.25, 0.3) is 0 Å². The molecule has 0 radical (unpaired) electrons. The lowest BCUT2D eigenvalue weighted by Gasteiger charge is -2.03. The summed E-state index contributed by atoms with van der Waals surface area (Å²) in [5.74, 6) is 0. The number of hydrogen-bond acceptors (Lipinski definition) is 0. The van der Waals surface area contributed by atoms with Gasteiger partial charge in [0.1, 0.15) is 0 Å². The molecule has 0 bridgehead atoms. The van der Waals surface area contributed by atoms with Gasteiger partial charge in [0.15, 0.2) is 0 Å². The Hall–Kier alpha value is -0.520. The SMILES string of the molecule is CCCCCCCCCCCCCCCCCCC=CC=CCCCCCCCCCCCCCCCCCCC. The van der Waals surface area contributed by atoms with Crippen LogP contribution in [0.15, 0.2) is 24.3 Å². The van der Waals surface area contributed by atoms with E-state index in [1.54, 1.807) is 0 Å². The lowest BCUT2D eigenvalue weighted by Crippen LogP contribution is -1.83. The summed E-state index contributed by atoms with van der Waals surface area (Å²) < 4.78 is 0. The summed E-state index contributed by atoms with van der Waals surface area (Å²) in [4.78, 5) is 0. The van der Waals surface area contributed by atoms with Crippen molar-refractivity contribution in [2.45, 2.75) is 239 Å². The van der Waals surface area contributed by atoms with Crippen molar-refractivity contribution >= 4 is 0 Å². The van der Waals surface area contributed by atoms with E-state index in [-0.39, 0.29) is 0 Å². The van der Waals surface area contributed by atoms with Gasteiger partial charge in [-0.3, -0.25) is 0 Å². The monoisotopic (exact) mass is 573 g/mol. The van der Waals surface area contributed by atoms with Crippen molar-refractivity contribution in [1.29, 1.82) is 0 Å². The van der Waals surface area contributed by atoms with Crippen LogP contribution in [0, 0.1) is 0 Å². The number of allylic oxidation sites excluding steroid dienone is 4. The zero-order valence-corrected chi connectivity index (χ0v) is 29.1. The standard InChI is InChI=1S/C41H80/c1-3-5-7-9-11-13-15-17-19-21-23-25-27-29-31-33-35-37-39-41-40-38-36-34-32-30-28-26-24-22-20-18-16-14-12-10-8-6-4-2/h37,39-41H,3-36,38H2,1-2H3. The summed E-state index contributed by atoms with van der Waals surface area (Å²) in [6.45, 7) is 4.61. The molecule has 0 atom stereocenters. The average Bonchev–Trinajstić information content (AvgIpc) is 2.98. The molecular weight excluding hydrogens is 492 g/mol. The highest BCUT2D eigenvalue weighted by atomic mass is 14.0. The van der Waals surface area contributed by atoms with Crippen LogP contribution in [0.25, 0.3) is 0 Å². The molecule has 0 aliphatic rings. The van der Waals surface area contributed by atoms with Gasteiger partial charge >= 0.3 is 0 Å². The Morgan fingerprint density at radius 2 is 0.390 bits per heavy atom. The summed E-state index contributed by atoms with van der Waals surface area (Å²) in [6, 6.07) is 0. The normalized spacial score (nSPS) is 12.0. The smallest absolute Gasteiger partial charge is 0.0348 e. The van der Waals surface area contributed by atoms with E-state index < -0.39 is 0 Å². The first-order valence-electron chi connectivity index (χ1n) is 19.7. The van der Waals surface area contributed by atoms with Crippen molar-refractivity contribution in [2.75, 3.05) is 0 Å². The minimum atomic E-state index is 1.27. The second-order valence-corrected chi connectivity index (χ2v) is 13.4. The maximum Gasteiger partial charge on any atom is -0.0348 e. The van der Waals surface area contributed by atoms with Gasteiger partial charge in [0, 0.05) is 0 Å². The van der Waals surface area contributed by atoms with E-state index in [0.29, 0.717) is 0 Å². The molecule has 0 aromatic carbocycles. The Morgan fingerprint density at radius 1 is 0.220 bits per heavy atom. The summed E-state index contributed by atoms with van der Waals surface area (Å²) in [5.41, 5.74) is 0. The van der Waals surface area contributed by atoms with Crippen molar-refractivity contribution in [3.05, 3.63) is 24.3 Å². The minimum Gasteiger partial charge on any atom is -0.0845 e. The lowest BCUT2D eigenvalue weighted by molar-refractivity contribution is 0.527. The molecule has 0 saturated heterocycles. The van der Waals surface area contributed by atoms with Crippen LogP contribution in [0.5, 0.6) is 0 Å². The largest absolute Gasteiger partial charge is 0.0845 e. The fourth-order valence-corrected chi connectivity index (χ4v) is 6.15. The maximum absolute atomic E-state index is 2.38. The van der Waals surface area contributed by atoms with Crippen LogP contribution < -0.4 is 0 Å². The van der Waals surface area contributed by atoms with Crippen LogP contribution in [-0.4, -0.2) is 0 Å². The van der Waals surface area contributed by atoms with Gasteiger partial charge < -0.3 is 0 Å². The quantitative estimate of drug-likeness (QED) is 0.0517. The predicted molar refractivity (Wildman–Crippen MR) is 191 cm³/mol. The third kappa shape index (κ3) is 39.5. The van der Waals surface area contributed by atoms with Gasteiger partial charge in [0.05, 0.1) is 0 Å². The molecular formula is C41H80. The third-order valence-electron chi connectivity index (χ3n) is 9.08. The Morgan fingerprint density at radius 3 is 0.585 bits per heavy atom. The summed E-state index contributed by atoms with van der Waals surface area (Å²) in [7, 11) is 0. The second-order valence-electron chi connectivity index (χ2n) is 13.4. The van der Waals surface area contributed by atoms with E-state index in [0.717, 1.165) is 0 Å². The van der Waals surface area contributed by atoms with E-state index in [9.17, 15) is 0 Å². The van der Waals surface area contributed by atoms with Gasteiger partial charge in [0.2, 0.25) is 0 Å². The van der Waals surface area contributed by atoms with E-state index in [1.165, 1.54) is 225 Å². The Balaban J connectivity index is 3.14. The molecule has 0 aromatic heterocycles. The van der Waals surface area contributed by atoms with Gasteiger partial charge in [-0.15, -0.1) is 0 Å². The van der Waals surface area contributed by atoms with Gasteiger partial charge in [-0.1, -0.05) is 237 Å². The molecule has 0 unspecified atom stereocenters. The first-order chi connectivity index (χ1) is 20.4. The molecule has 0 heterocycles. The van der Waals surface area contributed by atoms with Crippen molar-refractivity contribution in [3.8, 4) is 0 Å². The van der Waals surface area contributed by atoms with E-state index >= 15 is 0 Å². The van der Waals surface area contributed by atoms with Gasteiger partial charge in [-0.2, -0.15) is 0 Å². The van der Waals surface area contributed by atoms with Gasteiger partial charge in [-0.25, -0.2) is 0 Å². The number of rotatable bonds is 36. The molecule has 0 nitrogen and oxygen atoms in total. The molecule has 41 heavy (non-hydrogen) atoms. The van der Waals surface area contributed by atoms with Crippen LogP contribution in [0.4, 0.5) is 0 Å². The molecule has 0 fully saturated rings. The van der Waals surface area contributed by atoms with Crippen molar-refractivity contribution in [3.63, 3.8) is 0 Å². The summed E-state index contributed by atoms with van der Waals surface area (Å²) in [6.07, 6.45) is 59.9. The average molecular weight is 573 g/mol. The molecule has 0 saturated carbocycles. The van der Waals surface area contributed by atoms with Crippen molar-refractivity contribution in [1.82, 2.24) is 0 Å². The number of hydrogen-bond donors (Lipinski definition) is 0. The highest BCUT2D eigenvalue weighted by Crippen LogP contribution is 2.16. The lowest BCUT2D eigenvalue weighted by atomic mass is 10.0. The fourth-order valence-electron chi connectivity index (χ4n) is 6.15. The van der Waals surface area contributed by atoms with Crippen LogP contribution in [-0.2, 0) is 0 Å². The number of unbranched alkanes of at least 4 members (excludes halogenated alkanes) is 33. The molecule has 0 N–H and O–H groups in total.